The van der Waals surface area contributed by atoms with Gasteiger partial charge in [-0.25, -0.2) is 4.68 Å². The Kier molecular flexibility index (Phi) is 3.70. The first-order valence-corrected chi connectivity index (χ1v) is 7.75. The van der Waals surface area contributed by atoms with Crippen LogP contribution in [0.2, 0.25) is 0 Å². The van der Waals surface area contributed by atoms with Crippen LogP contribution < -0.4 is 4.74 Å². The smallest absolute Gasteiger partial charge is 0.254 e. The highest BCUT2D eigenvalue weighted by Crippen LogP contribution is 2.20. The molecule has 1 aromatic carbocycles. The maximum Gasteiger partial charge on any atom is 0.254 e. The van der Waals surface area contributed by atoms with E-state index in [2.05, 4.69) is 10.1 Å². The minimum Gasteiger partial charge on any atom is -0.485 e. The van der Waals surface area contributed by atoms with E-state index in [1.807, 2.05) is 48.7 Å². The molecule has 0 bridgehead atoms. The van der Waals surface area contributed by atoms with Gasteiger partial charge < -0.3 is 9.64 Å². The van der Waals surface area contributed by atoms with Gasteiger partial charge in [0.2, 0.25) is 0 Å². The monoisotopic (exact) mass is 320 g/mol. The van der Waals surface area contributed by atoms with Crippen molar-refractivity contribution in [1.82, 2.24) is 19.7 Å². The second kappa shape index (κ2) is 6.16. The summed E-state index contributed by atoms with van der Waals surface area (Å²) in [6.45, 7) is 1.17. The van der Waals surface area contributed by atoms with Gasteiger partial charge in [0.05, 0.1) is 25.0 Å². The number of amides is 1. The van der Waals surface area contributed by atoms with Gasteiger partial charge in [0.1, 0.15) is 11.9 Å². The van der Waals surface area contributed by atoms with E-state index in [0.29, 0.717) is 18.7 Å². The Hall–Kier alpha value is -3.15. The number of pyridine rings is 1. The van der Waals surface area contributed by atoms with Gasteiger partial charge in [-0.2, -0.15) is 5.10 Å². The number of ether oxygens (including phenoxy) is 1. The van der Waals surface area contributed by atoms with E-state index >= 15 is 0 Å². The zero-order valence-corrected chi connectivity index (χ0v) is 12.9. The Morgan fingerprint density at radius 2 is 2.04 bits per heavy atom. The average Bonchev–Trinajstić information content (AvgIpc) is 3.13. The highest BCUT2D eigenvalue weighted by molar-refractivity contribution is 5.95. The molecule has 3 heterocycles. The van der Waals surface area contributed by atoms with Crippen molar-refractivity contribution in [1.29, 1.82) is 0 Å². The van der Waals surface area contributed by atoms with E-state index in [4.69, 9.17) is 4.74 Å². The van der Waals surface area contributed by atoms with E-state index < -0.39 is 0 Å². The number of hydrogen-bond acceptors (Lipinski definition) is 4. The molecule has 1 aliphatic rings. The number of carbonyl (C=O) groups is 1. The molecule has 0 saturated carbocycles. The molecule has 24 heavy (non-hydrogen) atoms. The molecular formula is C18H16N4O2. The number of likely N-dealkylation sites (tertiary alicyclic amines) is 1. The molecule has 6 heteroatoms. The Morgan fingerprint density at radius 3 is 2.79 bits per heavy atom. The Balaban J connectivity index is 1.40. The van der Waals surface area contributed by atoms with Crippen molar-refractivity contribution < 1.29 is 9.53 Å². The van der Waals surface area contributed by atoms with Crippen LogP contribution in [0.5, 0.6) is 5.75 Å². The summed E-state index contributed by atoms with van der Waals surface area (Å²) in [4.78, 5) is 18.4. The molecule has 1 saturated heterocycles. The summed E-state index contributed by atoms with van der Waals surface area (Å²) in [6.07, 6.45) is 6.97. The van der Waals surface area contributed by atoms with Crippen LogP contribution in [0.1, 0.15) is 10.4 Å². The van der Waals surface area contributed by atoms with Crippen LogP contribution in [0.4, 0.5) is 0 Å². The van der Waals surface area contributed by atoms with E-state index in [0.717, 1.165) is 11.4 Å². The molecule has 0 N–H and O–H groups in total. The molecule has 0 atom stereocenters. The summed E-state index contributed by atoms with van der Waals surface area (Å²) >= 11 is 0. The lowest BCUT2D eigenvalue weighted by molar-refractivity contribution is 0.0176. The van der Waals surface area contributed by atoms with Gasteiger partial charge in [0, 0.05) is 24.2 Å². The van der Waals surface area contributed by atoms with Crippen molar-refractivity contribution >= 4 is 5.91 Å². The minimum absolute atomic E-state index is 0.00930. The predicted molar refractivity (Wildman–Crippen MR) is 88.1 cm³/mol. The lowest BCUT2D eigenvalue weighted by Gasteiger charge is -2.39. The van der Waals surface area contributed by atoms with Gasteiger partial charge >= 0.3 is 0 Å². The third-order valence-corrected chi connectivity index (χ3v) is 3.93. The van der Waals surface area contributed by atoms with Crippen molar-refractivity contribution in [3.8, 4) is 11.4 Å². The average molecular weight is 320 g/mol. The minimum atomic E-state index is 0.00930. The Labute approximate surface area is 139 Å². The fourth-order valence-corrected chi connectivity index (χ4v) is 2.67. The molecule has 1 amide bonds. The third-order valence-electron chi connectivity index (χ3n) is 3.93. The molecule has 0 unspecified atom stereocenters. The van der Waals surface area contributed by atoms with Crippen molar-refractivity contribution in [3.63, 3.8) is 0 Å². The first-order valence-electron chi connectivity index (χ1n) is 7.75. The maximum absolute atomic E-state index is 12.6. The van der Waals surface area contributed by atoms with Gasteiger partial charge in [-0.3, -0.25) is 9.78 Å². The van der Waals surface area contributed by atoms with Crippen LogP contribution in [0.25, 0.3) is 5.69 Å². The standard InChI is InChI=1S/C18H16N4O2/c23-18(14-4-1-5-15(10-14)22-9-3-8-20-22)21-12-17(13-21)24-16-6-2-7-19-11-16/h1-11,17H,12-13H2. The normalized spacial score (nSPS) is 14.2. The topological polar surface area (TPSA) is 60.2 Å². The van der Waals surface area contributed by atoms with Crippen LogP contribution in [0.3, 0.4) is 0 Å². The highest BCUT2D eigenvalue weighted by atomic mass is 16.5. The lowest BCUT2D eigenvalue weighted by Crippen LogP contribution is -2.56. The summed E-state index contributed by atoms with van der Waals surface area (Å²) in [5.74, 6) is 0.741. The first kappa shape index (κ1) is 14.4. The summed E-state index contributed by atoms with van der Waals surface area (Å²) in [6, 6.07) is 13.0. The van der Waals surface area contributed by atoms with Gasteiger partial charge in [-0.1, -0.05) is 6.07 Å². The number of hydrogen-bond donors (Lipinski definition) is 0. The van der Waals surface area contributed by atoms with E-state index in [-0.39, 0.29) is 12.0 Å². The summed E-state index contributed by atoms with van der Waals surface area (Å²) < 4.78 is 7.52. The summed E-state index contributed by atoms with van der Waals surface area (Å²) in [5.41, 5.74) is 1.53. The molecule has 120 valence electrons. The summed E-state index contributed by atoms with van der Waals surface area (Å²) in [7, 11) is 0. The van der Waals surface area contributed by atoms with Crippen LogP contribution in [-0.4, -0.2) is 44.8 Å². The van der Waals surface area contributed by atoms with Crippen molar-refractivity contribution in [3.05, 3.63) is 72.8 Å². The molecule has 0 aliphatic carbocycles. The SMILES string of the molecule is O=C(c1cccc(-n2cccn2)c1)N1CC(Oc2cccnc2)C1. The zero-order valence-electron chi connectivity index (χ0n) is 12.9. The number of benzene rings is 1. The van der Waals surface area contributed by atoms with E-state index in [1.54, 1.807) is 28.2 Å². The molecular weight excluding hydrogens is 304 g/mol. The van der Waals surface area contributed by atoms with Gasteiger partial charge in [0.15, 0.2) is 0 Å². The molecule has 1 aliphatic heterocycles. The van der Waals surface area contributed by atoms with Crippen LogP contribution in [0, 0.1) is 0 Å². The number of aromatic nitrogens is 3. The number of carbonyl (C=O) groups excluding carboxylic acids is 1. The largest absolute Gasteiger partial charge is 0.485 e. The van der Waals surface area contributed by atoms with E-state index in [9.17, 15) is 4.79 Å². The predicted octanol–water partition coefficient (Wildman–Crippen LogP) is 2.17. The Morgan fingerprint density at radius 1 is 1.12 bits per heavy atom. The number of rotatable bonds is 4. The van der Waals surface area contributed by atoms with Crippen molar-refractivity contribution in [2.45, 2.75) is 6.10 Å². The van der Waals surface area contributed by atoms with Gasteiger partial charge in [0.25, 0.3) is 5.91 Å². The second-order valence-corrected chi connectivity index (χ2v) is 5.64. The quantitative estimate of drug-likeness (QED) is 0.739. The molecule has 6 nitrogen and oxygen atoms in total. The molecule has 3 aromatic rings. The molecule has 0 spiro atoms. The lowest BCUT2D eigenvalue weighted by atomic mass is 10.1. The fraction of sp³-hybridized carbons (Fsp3) is 0.167. The summed E-state index contributed by atoms with van der Waals surface area (Å²) in [5, 5.41) is 4.19. The fourth-order valence-electron chi connectivity index (χ4n) is 2.67. The van der Waals surface area contributed by atoms with Crippen molar-refractivity contribution in [2.75, 3.05) is 13.1 Å². The Bertz CT molecular complexity index is 827. The third kappa shape index (κ3) is 2.86. The molecule has 1 fully saturated rings. The first-order chi connectivity index (χ1) is 11.8. The molecule has 2 aromatic heterocycles. The molecule has 0 radical (unpaired) electrons. The van der Waals surface area contributed by atoms with E-state index in [1.165, 1.54) is 0 Å². The second-order valence-electron chi connectivity index (χ2n) is 5.64. The van der Waals surface area contributed by atoms with Gasteiger partial charge in [-0.05, 0) is 36.4 Å². The number of nitrogens with zero attached hydrogens (tertiary/aromatic N) is 4. The van der Waals surface area contributed by atoms with Crippen LogP contribution in [0.15, 0.2) is 67.3 Å². The maximum atomic E-state index is 12.6. The van der Waals surface area contributed by atoms with Crippen molar-refractivity contribution in [2.24, 2.45) is 0 Å². The molecule has 4 rings (SSSR count). The van der Waals surface area contributed by atoms with Crippen LogP contribution >= 0.6 is 0 Å². The highest BCUT2D eigenvalue weighted by Gasteiger charge is 2.32. The van der Waals surface area contributed by atoms with Crippen LogP contribution in [-0.2, 0) is 0 Å². The zero-order chi connectivity index (χ0) is 16.4. The van der Waals surface area contributed by atoms with Gasteiger partial charge in [-0.15, -0.1) is 0 Å².